The van der Waals surface area contributed by atoms with E-state index in [2.05, 4.69) is 15.5 Å². The number of tetrazole rings is 1. The molecule has 0 aliphatic rings. The molecule has 0 spiro atoms. The first kappa shape index (κ1) is 12.4. The van der Waals surface area contributed by atoms with Crippen LogP contribution in [0, 0.1) is 5.92 Å². The quantitative estimate of drug-likeness (QED) is 0.848. The average Bonchev–Trinajstić information content (AvgIpc) is 2.62. The Morgan fingerprint density at radius 1 is 1.44 bits per heavy atom. The lowest BCUT2D eigenvalue weighted by Crippen LogP contribution is -2.26. The summed E-state index contributed by atoms with van der Waals surface area (Å²) in [4.78, 5) is 10.6. The Morgan fingerprint density at radius 2 is 2.00 bits per heavy atom. The highest BCUT2D eigenvalue weighted by atomic mass is 19.4. The second-order valence-electron chi connectivity index (χ2n) is 3.31. The van der Waals surface area contributed by atoms with Gasteiger partial charge in [-0.05, 0) is 24.3 Å². The molecule has 1 aromatic heterocycles. The van der Waals surface area contributed by atoms with Crippen LogP contribution >= 0.6 is 0 Å². The molecule has 2 atom stereocenters. The van der Waals surface area contributed by atoms with Gasteiger partial charge in [0.1, 0.15) is 0 Å². The van der Waals surface area contributed by atoms with Crippen LogP contribution in [0.2, 0.25) is 0 Å². The number of carboxylic acids is 1. The fourth-order valence-corrected chi connectivity index (χ4v) is 1.07. The van der Waals surface area contributed by atoms with E-state index in [1.54, 1.807) is 0 Å². The van der Waals surface area contributed by atoms with Crippen molar-refractivity contribution in [3.8, 4) is 0 Å². The first-order chi connectivity index (χ1) is 7.25. The van der Waals surface area contributed by atoms with Crippen molar-refractivity contribution in [2.75, 3.05) is 0 Å². The number of hydrogen-bond donors (Lipinski definition) is 1. The van der Waals surface area contributed by atoms with Crippen LogP contribution in [-0.2, 0) is 11.0 Å². The van der Waals surface area contributed by atoms with E-state index in [-0.39, 0.29) is 0 Å². The van der Waals surface area contributed by atoms with Gasteiger partial charge in [0.2, 0.25) is 0 Å². The Balaban J connectivity index is 3.06. The summed E-state index contributed by atoms with van der Waals surface area (Å²) in [6.07, 6.45) is -4.70. The van der Waals surface area contributed by atoms with Crippen LogP contribution in [0.4, 0.5) is 13.2 Å². The van der Waals surface area contributed by atoms with E-state index in [1.165, 1.54) is 13.8 Å². The van der Waals surface area contributed by atoms with Gasteiger partial charge in [-0.2, -0.15) is 13.2 Å². The molecule has 1 rings (SSSR count). The summed E-state index contributed by atoms with van der Waals surface area (Å²) in [5.74, 6) is -3.53. The van der Waals surface area contributed by atoms with Gasteiger partial charge in [0.15, 0.2) is 0 Å². The van der Waals surface area contributed by atoms with Crippen LogP contribution in [-0.4, -0.2) is 31.3 Å². The summed E-state index contributed by atoms with van der Waals surface area (Å²) in [5, 5.41) is 17.6. The predicted octanol–water partition coefficient (Wildman–Crippen LogP) is 0.974. The Labute approximate surface area is 88.1 Å². The molecule has 0 amide bonds. The van der Waals surface area contributed by atoms with Gasteiger partial charge < -0.3 is 5.11 Å². The van der Waals surface area contributed by atoms with Crippen molar-refractivity contribution in [1.82, 2.24) is 20.2 Å². The monoisotopic (exact) mass is 238 g/mol. The first-order valence-electron chi connectivity index (χ1n) is 4.33. The SMILES string of the molecule is CC(C(=O)O)C(C)n1nnnc1C(F)(F)F. The van der Waals surface area contributed by atoms with E-state index in [0.717, 1.165) is 0 Å². The third kappa shape index (κ3) is 2.28. The van der Waals surface area contributed by atoms with Crippen LogP contribution in [0.3, 0.4) is 0 Å². The molecule has 6 nitrogen and oxygen atoms in total. The molecule has 0 saturated carbocycles. The number of carbonyl (C=O) groups is 1. The van der Waals surface area contributed by atoms with Gasteiger partial charge in [-0.1, -0.05) is 0 Å². The van der Waals surface area contributed by atoms with Crippen molar-refractivity contribution >= 4 is 5.97 Å². The summed E-state index contributed by atoms with van der Waals surface area (Å²) >= 11 is 0. The summed E-state index contributed by atoms with van der Waals surface area (Å²) in [6.45, 7) is 2.60. The average molecular weight is 238 g/mol. The topological polar surface area (TPSA) is 80.9 Å². The van der Waals surface area contributed by atoms with Crippen molar-refractivity contribution in [1.29, 1.82) is 0 Å². The lowest BCUT2D eigenvalue weighted by molar-refractivity contribution is -0.151. The van der Waals surface area contributed by atoms with Gasteiger partial charge in [-0.25, -0.2) is 4.68 Å². The normalized spacial score (nSPS) is 15.8. The van der Waals surface area contributed by atoms with Crippen LogP contribution < -0.4 is 0 Å². The number of carboxylic acid groups (broad SMARTS) is 1. The molecule has 1 aromatic rings. The molecule has 1 N–H and O–H groups in total. The molecule has 0 aromatic carbocycles. The Bertz CT molecular complexity index is 389. The third-order valence-electron chi connectivity index (χ3n) is 2.25. The van der Waals surface area contributed by atoms with Crippen LogP contribution in [0.1, 0.15) is 25.7 Å². The van der Waals surface area contributed by atoms with Gasteiger partial charge in [0, 0.05) is 0 Å². The number of hydrogen-bond acceptors (Lipinski definition) is 4. The molecule has 0 fully saturated rings. The van der Waals surface area contributed by atoms with Crippen molar-refractivity contribution in [3.63, 3.8) is 0 Å². The molecule has 0 radical (unpaired) electrons. The second kappa shape index (κ2) is 4.06. The third-order valence-corrected chi connectivity index (χ3v) is 2.25. The molecular weight excluding hydrogens is 229 g/mol. The summed E-state index contributed by atoms with van der Waals surface area (Å²) in [6, 6.07) is -0.982. The molecule has 0 bridgehead atoms. The largest absolute Gasteiger partial charge is 0.481 e. The maximum atomic E-state index is 12.4. The van der Waals surface area contributed by atoms with Crippen LogP contribution in [0.15, 0.2) is 0 Å². The number of alkyl halides is 3. The summed E-state index contributed by atoms with van der Waals surface area (Å²) < 4.78 is 37.7. The molecule has 0 aliphatic carbocycles. The molecule has 9 heteroatoms. The lowest BCUT2D eigenvalue weighted by atomic mass is 10.0. The van der Waals surface area contributed by atoms with Gasteiger partial charge in [-0.15, -0.1) is 5.10 Å². The minimum absolute atomic E-state index is 0.471. The predicted molar refractivity (Wildman–Crippen MR) is 44.3 cm³/mol. The molecule has 16 heavy (non-hydrogen) atoms. The minimum atomic E-state index is -4.70. The van der Waals surface area contributed by atoms with Crippen LogP contribution in [0.5, 0.6) is 0 Å². The lowest BCUT2D eigenvalue weighted by Gasteiger charge is -2.17. The van der Waals surface area contributed by atoms with Gasteiger partial charge >= 0.3 is 12.1 Å². The number of nitrogens with zero attached hydrogens (tertiary/aromatic N) is 4. The molecule has 2 unspecified atom stereocenters. The van der Waals surface area contributed by atoms with E-state index < -0.39 is 29.9 Å². The number of halogens is 3. The van der Waals surface area contributed by atoms with E-state index >= 15 is 0 Å². The highest BCUT2D eigenvalue weighted by Gasteiger charge is 2.40. The van der Waals surface area contributed by atoms with Gasteiger partial charge in [-0.3, -0.25) is 4.79 Å². The molecular formula is C7H9F3N4O2. The number of aromatic nitrogens is 4. The van der Waals surface area contributed by atoms with E-state index in [4.69, 9.17) is 5.11 Å². The van der Waals surface area contributed by atoms with E-state index in [0.29, 0.717) is 4.68 Å². The maximum absolute atomic E-state index is 12.4. The van der Waals surface area contributed by atoms with Gasteiger partial charge in [0.05, 0.1) is 12.0 Å². The standard InChI is InChI=1S/C7H9F3N4O2/c1-3(5(15)16)4(2)14-6(7(8,9)10)11-12-13-14/h3-4H,1-2H3,(H,15,16). The Hall–Kier alpha value is -1.67. The zero-order valence-electron chi connectivity index (χ0n) is 8.43. The zero-order chi connectivity index (χ0) is 12.5. The fraction of sp³-hybridized carbons (Fsp3) is 0.714. The van der Waals surface area contributed by atoms with E-state index in [9.17, 15) is 18.0 Å². The molecule has 0 saturated heterocycles. The maximum Gasteiger partial charge on any atom is 0.453 e. The van der Waals surface area contributed by atoms with Crippen molar-refractivity contribution in [3.05, 3.63) is 5.82 Å². The highest BCUT2D eigenvalue weighted by molar-refractivity contribution is 5.70. The second-order valence-corrected chi connectivity index (χ2v) is 3.31. The molecule has 1 heterocycles. The summed E-state index contributed by atoms with van der Waals surface area (Å²) in [7, 11) is 0. The zero-order valence-corrected chi connectivity index (χ0v) is 8.43. The highest BCUT2D eigenvalue weighted by Crippen LogP contribution is 2.29. The Morgan fingerprint density at radius 3 is 2.44 bits per heavy atom. The smallest absolute Gasteiger partial charge is 0.453 e. The first-order valence-corrected chi connectivity index (χ1v) is 4.33. The van der Waals surface area contributed by atoms with Crippen LogP contribution in [0.25, 0.3) is 0 Å². The molecule has 90 valence electrons. The number of aliphatic carboxylic acids is 1. The Kier molecular flexibility index (Phi) is 3.15. The van der Waals surface area contributed by atoms with E-state index in [1.807, 2.05) is 0 Å². The molecule has 0 aliphatic heterocycles. The fourth-order valence-electron chi connectivity index (χ4n) is 1.07. The van der Waals surface area contributed by atoms with Gasteiger partial charge in [0.25, 0.3) is 5.82 Å². The van der Waals surface area contributed by atoms with Crippen molar-refractivity contribution < 1.29 is 23.1 Å². The minimum Gasteiger partial charge on any atom is -0.481 e. The van der Waals surface area contributed by atoms with Crippen molar-refractivity contribution in [2.45, 2.75) is 26.1 Å². The van der Waals surface area contributed by atoms with Crippen molar-refractivity contribution in [2.24, 2.45) is 5.92 Å². The summed E-state index contributed by atoms with van der Waals surface area (Å²) in [5.41, 5.74) is 0. The number of rotatable bonds is 3.